The number of amides is 1. The molecule has 1 saturated carbocycles. The molecule has 1 aliphatic heterocycles. The lowest BCUT2D eigenvalue weighted by atomic mass is 9.87. The van der Waals surface area contributed by atoms with Gasteiger partial charge in [-0.05, 0) is 61.9 Å². The van der Waals surface area contributed by atoms with E-state index in [0.29, 0.717) is 50.3 Å². The van der Waals surface area contributed by atoms with Gasteiger partial charge in [0, 0.05) is 35.1 Å². The van der Waals surface area contributed by atoms with Crippen molar-refractivity contribution in [3.63, 3.8) is 0 Å². The number of carbonyl (C=O) groups excluding carboxylic acids is 2. The van der Waals surface area contributed by atoms with Gasteiger partial charge in [0.25, 0.3) is 0 Å². The van der Waals surface area contributed by atoms with Crippen molar-refractivity contribution in [3.05, 3.63) is 89.0 Å². The van der Waals surface area contributed by atoms with Crippen LogP contribution in [0.25, 0.3) is 0 Å². The van der Waals surface area contributed by atoms with Gasteiger partial charge in [0.2, 0.25) is 5.91 Å². The SMILES string of the molecule is CCOC(=O)CCCc1ccc(C#N)cc1NC(=O)[C@@H]1C[C@]12CCOc1cc(OCc3ccccc3)ccc12. The van der Waals surface area contributed by atoms with E-state index in [4.69, 9.17) is 14.2 Å². The molecule has 1 heterocycles. The molecule has 7 heteroatoms. The normalized spacial score (nSPS) is 18.8. The maximum Gasteiger partial charge on any atom is 0.305 e. The number of nitrogens with one attached hydrogen (secondary N) is 1. The van der Waals surface area contributed by atoms with Gasteiger partial charge in [0.1, 0.15) is 18.1 Å². The fraction of sp³-hybridized carbons (Fsp3) is 0.344. The Balaban J connectivity index is 1.26. The highest BCUT2D eigenvalue weighted by atomic mass is 16.5. The molecule has 39 heavy (non-hydrogen) atoms. The second-order valence-electron chi connectivity index (χ2n) is 10.1. The zero-order valence-corrected chi connectivity index (χ0v) is 22.1. The molecule has 200 valence electrons. The Labute approximate surface area is 228 Å². The molecular weight excluding hydrogens is 492 g/mol. The van der Waals surface area contributed by atoms with E-state index < -0.39 is 0 Å². The molecule has 3 aromatic carbocycles. The first-order valence-corrected chi connectivity index (χ1v) is 13.5. The lowest BCUT2D eigenvalue weighted by molar-refractivity contribution is -0.143. The molecule has 0 unspecified atom stereocenters. The van der Waals surface area contributed by atoms with Gasteiger partial charge in [-0.3, -0.25) is 9.59 Å². The number of rotatable bonds is 10. The van der Waals surface area contributed by atoms with Crippen molar-refractivity contribution in [1.29, 1.82) is 5.26 Å². The Bertz CT molecular complexity index is 1400. The zero-order valence-electron chi connectivity index (χ0n) is 22.1. The Hall–Kier alpha value is -4.31. The van der Waals surface area contributed by atoms with Crippen molar-refractivity contribution in [3.8, 4) is 17.6 Å². The summed E-state index contributed by atoms with van der Waals surface area (Å²) >= 11 is 0. The lowest BCUT2D eigenvalue weighted by Crippen LogP contribution is -2.27. The lowest BCUT2D eigenvalue weighted by Gasteiger charge is -2.27. The third-order valence-electron chi connectivity index (χ3n) is 7.56. The average Bonchev–Trinajstić information content (AvgIpc) is 3.67. The highest BCUT2D eigenvalue weighted by Crippen LogP contribution is 2.61. The predicted octanol–water partition coefficient (Wildman–Crippen LogP) is 5.70. The standard InChI is InChI=1S/C32H32N2O5/c1-2-37-30(35)10-6-9-24-12-11-23(20-33)17-28(24)34-31(36)27-19-32(27)15-16-38-29-18-25(13-14-26(29)32)39-21-22-7-4-3-5-8-22/h3-5,7-8,11-14,17-18,27H,2,6,9-10,15-16,19,21H2,1H3,(H,34,36)/t27-,32-/m0/s1. The molecule has 0 saturated heterocycles. The highest BCUT2D eigenvalue weighted by Gasteiger charge is 2.61. The van der Waals surface area contributed by atoms with E-state index in [1.807, 2.05) is 54.6 Å². The molecule has 5 rings (SSSR count). The van der Waals surface area contributed by atoms with Crippen LogP contribution in [0.5, 0.6) is 11.5 Å². The first-order valence-electron chi connectivity index (χ1n) is 13.5. The van der Waals surface area contributed by atoms with Crippen LogP contribution in [0.4, 0.5) is 5.69 Å². The van der Waals surface area contributed by atoms with E-state index >= 15 is 0 Å². The summed E-state index contributed by atoms with van der Waals surface area (Å²) in [6.07, 6.45) is 3.02. The Kier molecular flexibility index (Phi) is 7.83. The van der Waals surface area contributed by atoms with Crippen molar-refractivity contribution >= 4 is 17.6 Å². The maximum absolute atomic E-state index is 13.5. The number of nitriles is 1. The molecule has 0 aromatic heterocycles. The van der Waals surface area contributed by atoms with Crippen molar-refractivity contribution in [2.75, 3.05) is 18.5 Å². The van der Waals surface area contributed by atoms with Gasteiger partial charge in [-0.25, -0.2) is 0 Å². The molecule has 1 amide bonds. The second kappa shape index (κ2) is 11.6. The van der Waals surface area contributed by atoms with Gasteiger partial charge in [-0.15, -0.1) is 0 Å². The summed E-state index contributed by atoms with van der Waals surface area (Å²) in [4.78, 5) is 25.2. The first-order chi connectivity index (χ1) is 19.0. The topological polar surface area (TPSA) is 97.7 Å². The minimum Gasteiger partial charge on any atom is -0.493 e. The van der Waals surface area contributed by atoms with E-state index in [9.17, 15) is 14.9 Å². The first kappa shape index (κ1) is 26.3. The largest absolute Gasteiger partial charge is 0.493 e. The number of aryl methyl sites for hydroxylation is 1. The fourth-order valence-electron chi connectivity index (χ4n) is 5.42. The van der Waals surface area contributed by atoms with Crippen molar-refractivity contribution < 1.29 is 23.8 Å². The molecule has 1 aliphatic carbocycles. The Morgan fingerprint density at radius 1 is 1.13 bits per heavy atom. The summed E-state index contributed by atoms with van der Waals surface area (Å²) in [6.45, 7) is 3.16. The van der Waals surface area contributed by atoms with Crippen LogP contribution in [0.2, 0.25) is 0 Å². The number of ether oxygens (including phenoxy) is 3. The summed E-state index contributed by atoms with van der Waals surface area (Å²) in [5, 5.41) is 12.5. The number of hydrogen-bond donors (Lipinski definition) is 1. The summed E-state index contributed by atoms with van der Waals surface area (Å²) in [5.41, 5.74) is 3.88. The van der Waals surface area contributed by atoms with Crippen LogP contribution in [0.1, 0.15) is 54.9 Å². The van der Waals surface area contributed by atoms with Crippen molar-refractivity contribution in [2.45, 2.75) is 51.0 Å². The van der Waals surface area contributed by atoms with Crippen LogP contribution < -0.4 is 14.8 Å². The fourth-order valence-corrected chi connectivity index (χ4v) is 5.42. The minimum absolute atomic E-state index is 0.0611. The van der Waals surface area contributed by atoms with E-state index in [2.05, 4.69) is 11.4 Å². The summed E-state index contributed by atoms with van der Waals surface area (Å²) in [5.74, 6) is 1.03. The number of esters is 1. The smallest absolute Gasteiger partial charge is 0.305 e. The number of nitrogens with zero attached hydrogens (tertiary/aromatic N) is 1. The number of carbonyl (C=O) groups is 2. The van der Waals surface area contributed by atoms with Gasteiger partial charge < -0.3 is 19.5 Å². The Morgan fingerprint density at radius 3 is 2.77 bits per heavy atom. The number of anilines is 1. The molecule has 2 atom stereocenters. The van der Waals surface area contributed by atoms with Crippen LogP contribution in [-0.4, -0.2) is 25.1 Å². The number of hydrogen-bond acceptors (Lipinski definition) is 6. The third kappa shape index (κ3) is 5.91. The molecule has 0 radical (unpaired) electrons. The molecule has 7 nitrogen and oxygen atoms in total. The minimum atomic E-state index is -0.257. The van der Waals surface area contributed by atoms with Gasteiger partial charge in [-0.1, -0.05) is 42.5 Å². The van der Waals surface area contributed by atoms with Gasteiger partial charge >= 0.3 is 5.97 Å². The van der Waals surface area contributed by atoms with Gasteiger partial charge in [0.15, 0.2) is 0 Å². The third-order valence-corrected chi connectivity index (χ3v) is 7.56. The molecule has 1 spiro atoms. The molecule has 1 fully saturated rings. The highest BCUT2D eigenvalue weighted by molar-refractivity contribution is 5.97. The molecular formula is C32H32N2O5. The summed E-state index contributed by atoms with van der Waals surface area (Å²) in [6, 6.07) is 23.3. The van der Waals surface area contributed by atoms with Crippen molar-refractivity contribution in [1.82, 2.24) is 0 Å². The average molecular weight is 525 g/mol. The van der Waals surface area contributed by atoms with Crippen molar-refractivity contribution in [2.24, 2.45) is 5.92 Å². The molecule has 2 aliphatic rings. The van der Waals surface area contributed by atoms with Crippen LogP contribution in [0, 0.1) is 17.2 Å². The van der Waals surface area contributed by atoms with E-state index in [0.717, 1.165) is 41.0 Å². The molecule has 3 aromatic rings. The predicted molar refractivity (Wildman–Crippen MR) is 146 cm³/mol. The Morgan fingerprint density at radius 2 is 1.97 bits per heavy atom. The van der Waals surface area contributed by atoms with Crippen LogP contribution in [-0.2, 0) is 32.8 Å². The van der Waals surface area contributed by atoms with Crippen LogP contribution >= 0.6 is 0 Å². The quantitative estimate of drug-likeness (QED) is 0.342. The van der Waals surface area contributed by atoms with Crippen LogP contribution in [0.3, 0.4) is 0 Å². The number of fused-ring (bicyclic) bond motifs is 2. The van der Waals surface area contributed by atoms with Gasteiger partial charge in [0.05, 0.1) is 24.8 Å². The van der Waals surface area contributed by atoms with E-state index in [1.165, 1.54) is 0 Å². The van der Waals surface area contributed by atoms with Crippen LogP contribution in [0.15, 0.2) is 66.7 Å². The second-order valence-corrected chi connectivity index (χ2v) is 10.1. The van der Waals surface area contributed by atoms with E-state index in [1.54, 1.807) is 19.1 Å². The van der Waals surface area contributed by atoms with Gasteiger partial charge in [-0.2, -0.15) is 5.26 Å². The number of benzene rings is 3. The molecule has 1 N–H and O–H groups in total. The summed E-state index contributed by atoms with van der Waals surface area (Å²) < 4.78 is 17.0. The van der Waals surface area contributed by atoms with E-state index in [-0.39, 0.29) is 23.2 Å². The monoisotopic (exact) mass is 524 g/mol. The maximum atomic E-state index is 13.5. The summed E-state index contributed by atoms with van der Waals surface area (Å²) in [7, 11) is 0. The molecule has 0 bridgehead atoms. The zero-order chi connectivity index (χ0) is 27.2.